The summed E-state index contributed by atoms with van der Waals surface area (Å²) in [4.78, 5) is 0. The first-order valence-electron chi connectivity index (χ1n) is 9.75. The third-order valence-electron chi connectivity index (χ3n) is 3.64. The minimum Gasteiger partial charge on any atom is -0.396 e. The molecular formula is C18H42O10. The summed E-state index contributed by atoms with van der Waals surface area (Å²) in [5, 5.41) is 85.4. The highest BCUT2D eigenvalue weighted by molar-refractivity contribution is 4.79. The van der Waals surface area contributed by atoms with Gasteiger partial charge in [0.2, 0.25) is 0 Å². The van der Waals surface area contributed by atoms with E-state index in [0.29, 0.717) is 0 Å². The van der Waals surface area contributed by atoms with E-state index in [9.17, 15) is 0 Å². The largest absolute Gasteiger partial charge is 0.396 e. The van der Waals surface area contributed by atoms with Crippen molar-refractivity contribution in [3.8, 4) is 0 Å². The predicted molar refractivity (Wildman–Crippen MR) is 103 cm³/mol. The van der Waals surface area contributed by atoms with Crippen LogP contribution in [-0.4, -0.2) is 115 Å². The van der Waals surface area contributed by atoms with E-state index in [1.54, 1.807) is 0 Å². The third-order valence-corrected chi connectivity index (χ3v) is 3.64. The molecule has 0 aromatic carbocycles. The fourth-order valence-electron chi connectivity index (χ4n) is 1.83. The average molecular weight is 419 g/mol. The van der Waals surface area contributed by atoms with Crippen LogP contribution in [0.2, 0.25) is 0 Å². The lowest BCUT2D eigenvalue weighted by Gasteiger charge is -2.24. The molecule has 10 heteroatoms. The Hall–Kier alpha value is -0.400. The fourth-order valence-corrected chi connectivity index (χ4v) is 1.83. The molecule has 0 spiro atoms. The van der Waals surface area contributed by atoms with Crippen molar-refractivity contribution in [3.63, 3.8) is 0 Å². The van der Waals surface area contributed by atoms with E-state index in [-0.39, 0.29) is 26.4 Å². The van der Waals surface area contributed by atoms with Crippen LogP contribution in [0, 0.1) is 0 Å². The monoisotopic (exact) mass is 418 g/mol. The Labute approximate surface area is 167 Å². The predicted octanol–water partition coefficient (Wildman–Crippen LogP) is -2.52. The van der Waals surface area contributed by atoms with Crippen LogP contribution in [0.3, 0.4) is 0 Å². The summed E-state index contributed by atoms with van der Waals surface area (Å²) in [6.07, 6.45) is 1.26. The molecule has 0 saturated carbocycles. The molecule has 0 saturated heterocycles. The quantitative estimate of drug-likeness (QED) is 0.126. The lowest BCUT2D eigenvalue weighted by Crippen LogP contribution is -2.46. The molecule has 10 N–H and O–H groups in total. The first kappa shape index (κ1) is 32.3. The van der Waals surface area contributed by atoms with E-state index in [1.165, 1.54) is 0 Å². The van der Waals surface area contributed by atoms with E-state index in [2.05, 4.69) is 0 Å². The van der Waals surface area contributed by atoms with Crippen molar-refractivity contribution < 1.29 is 51.1 Å². The van der Waals surface area contributed by atoms with Gasteiger partial charge in [-0.2, -0.15) is 0 Å². The average Bonchev–Trinajstić information content (AvgIpc) is 2.73. The van der Waals surface area contributed by atoms with Gasteiger partial charge in [-0.1, -0.05) is 25.7 Å². The summed E-state index contributed by atoms with van der Waals surface area (Å²) in [7, 11) is 0. The molecule has 4 unspecified atom stereocenters. The zero-order valence-electron chi connectivity index (χ0n) is 16.7. The highest BCUT2D eigenvalue weighted by Gasteiger charge is 2.29. The van der Waals surface area contributed by atoms with Gasteiger partial charge in [-0.3, -0.25) is 0 Å². The Morgan fingerprint density at radius 2 is 0.571 bits per heavy atom. The van der Waals surface area contributed by atoms with Crippen molar-refractivity contribution in [2.75, 3.05) is 39.6 Å². The maximum Gasteiger partial charge on any atom is 0.111 e. The van der Waals surface area contributed by atoms with Crippen molar-refractivity contribution in [2.24, 2.45) is 0 Å². The highest BCUT2D eigenvalue weighted by Crippen LogP contribution is 2.04. The molecule has 4 atom stereocenters. The number of rotatable bonds is 15. The summed E-state index contributed by atoms with van der Waals surface area (Å²) in [5.41, 5.74) is 0. The Kier molecular flexibility index (Phi) is 30.7. The van der Waals surface area contributed by atoms with Gasteiger partial charge in [-0.15, -0.1) is 0 Å². The zero-order valence-corrected chi connectivity index (χ0v) is 16.7. The van der Waals surface area contributed by atoms with Crippen LogP contribution in [0.4, 0.5) is 0 Å². The molecule has 0 aromatic rings. The summed E-state index contributed by atoms with van der Waals surface area (Å²) >= 11 is 0. The highest BCUT2D eigenvalue weighted by atomic mass is 16.4. The lowest BCUT2D eigenvalue weighted by atomic mass is 10.0. The first-order chi connectivity index (χ1) is 13.4. The van der Waals surface area contributed by atoms with Crippen LogP contribution in [0.25, 0.3) is 0 Å². The molecule has 174 valence electrons. The second-order valence-electron chi connectivity index (χ2n) is 6.20. The second kappa shape index (κ2) is 26.6. The van der Waals surface area contributed by atoms with Crippen molar-refractivity contribution >= 4 is 0 Å². The van der Waals surface area contributed by atoms with Gasteiger partial charge >= 0.3 is 0 Å². The number of hydrogen-bond acceptors (Lipinski definition) is 10. The Morgan fingerprint density at radius 1 is 0.357 bits per heavy atom. The third kappa shape index (κ3) is 23.6. The minimum absolute atomic E-state index is 0.283. The van der Waals surface area contributed by atoms with Crippen LogP contribution in [-0.2, 0) is 0 Å². The molecule has 0 aliphatic heterocycles. The summed E-state index contributed by atoms with van der Waals surface area (Å²) in [6.45, 7) is -0.319. The van der Waals surface area contributed by atoms with Gasteiger partial charge in [-0.05, 0) is 25.7 Å². The van der Waals surface area contributed by atoms with Crippen molar-refractivity contribution in [1.82, 2.24) is 0 Å². The van der Waals surface area contributed by atoms with Crippen LogP contribution in [0.1, 0.15) is 51.4 Å². The topological polar surface area (TPSA) is 202 Å². The standard InChI is InChI=1S/C6H14O6.2C6H14O2/c7-1-3(9)5(11)6(12)4(10)2-8;2*7-5-3-1-2-4-6-8/h3-12H,1-2H2;2*7-8H,1-6H2. The smallest absolute Gasteiger partial charge is 0.111 e. The summed E-state index contributed by atoms with van der Waals surface area (Å²) in [6, 6.07) is 0. The van der Waals surface area contributed by atoms with Crippen LogP contribution < -0.4 is 0 Å². The Morgan fingerprint density at radius 3 is 0.714 bits per heavy atom. The van der Waals surface area contributed by atoms with Gasteiger partial charge in [-0.25, -0.2) is 0 Å². The molecule has 10 nitrogen and oxygen atoms in total. The lowest BCUT2D eigenvalue weighted by molar-refractivity contribution is -0.123. The van der Waals surface area contributed by atoms with Crippen molar-refractivity contribution in [1.29, 1.82) is 0 Å². The summed E-state index contributed by atoms with van der Waals surface area (Å²) < 4.78 is 0. The number of aliphatic hydroxyl groups is 10. The molecule has 0 amide bonds. The Balaban J connectivity index is -0.000000347. The second-order valence-corrected chi connectivity index (χ2v) is 6.20. The number of unbranched alkanes of at least 4 members (excludes halogenated alkanes) is 6. The van der Waals surface area contributed by atoms with Gasteiger partial charge in [0.25, 0.3) is 0 Å². The molecule has 0 rings (SSSR count). The van der Waals surface area contributed by atoms with Crippen LogP contribution in [0.15, 0.2) is 0 Å². The molecule has 0 aliphatic carbocycles. The van der Waals surface area contributed by atoms with Crippen molar-refractivity contribution in [2.45, 2.75) is 75.8 Å². The normalized spacial score (nSPS) is 14.8. The SMILES string of the molecule is OCC(O)C(O)C(O)C(O)CO.OCCCCCCO.OCCCCCCO. The van der Waals surface area contributed by atoms with E-state index in [1.807, 2.05) is 0 Å². The van der Waals surface area contributed by atoms with E-state index >= 15 is 0 Å². The molecular weight excluding hydrogens is 376 g/mol. The number of hydrogen-bond donors (Lipinski definition) is 10. The van der Waals surface area contributed by atoms with Gasteiger partial charge in [0.15, 0.2) is 0 Å². The van der Waals surface area contributed by atoms with Gasteiger partial charge in [0.05, 0.1) is 13.2 Å². The fraction of sp³-hybridized carbons (Fsp3) is 1.00. The van der Waals surface area contributed by atoms with Gasteiger partial charge < -0.3 is 51.1 Å². The van der Waals surface area contributed by atoms with E-state index in [0.717, 1.165) is 51.4 Å². The minimum atomic E-state index is -1.67. The number of aliphatic hydroxyl groups excluding tert-OH is 10. The van der Waals surface area contributed by atoms with Crippen LogP contribution in [0.5, 0.6) is 0 Å². The molecule has 0 aromatic heterocycles. The molecule has 0 fully saturated rings. The van der Waals surface area contributed by atoms with Crippen molar-refractivity contribution in [3.05, 3.63) is 0 Å². The maximum absolute atomic E-state index is 8.96. The van der Waals surface area contributed by atoms with E-state index in [4.69, 9.17) is 51.1 Å². The van der Waals surface area contributed by atoms with Crippen LogP contribution >= 0.6 is 0 Å². The molecule has 0 heterocycles. The van der Waals surface area contributed by atoms with Gasteiger partial charge in [0, 0.05) is 26.4 Å². The first-order valence-corrected chi connectivity index (χ1v) is 9.75. The summed E-state index contributed by atoms with van der Waals surface area (Å²) in [5.74, 6) is 0. The molecule has 0 aliphatic rings. The molecule has 0 radical (unpaired) electrons. The maximum atomic E-state index is 8.96. The van der Waals surface area contributed by atoms with Gasteiger partial charge in [0.1, 0.15) is 24.4 Å². The zero-order chi connectivity index (χ0) is 22.2. The Bertz CT molecular complexity index is 233. The molecule has 0 bridgehead atoms. The van der Waals surface area contributed by atoms with E-state index < -0.39 is 37.6 Å². The molecule has 28 heavy (non-hydrogen) atoms.